The lowest BCUT2D eigenvalue weighted by Gasteiger charge is -2.32. The van der Waals surface area contributed by atoms with Gasteiger partial charge < -0.3 is 9.47 Å². The van der Waals surface area contributed by atoms with Crippen LogP contribution < -0.4 is 4.90 Å². The molecule has 8 aromatic carbocycles. The number of hydrogen-bond donors (Lipinski definition) is 0. The zero-order valence-electron chi connectivity index (χ0n) is 40.1. The van der Waals surface area contributed by atoms with Crippen molar-refractivity contribution in [1.82, 2.24) is 4.57 Å². The topological polar surface area (TPSA) is 8.17 Å². The lowest BCUT2D eigenvalue weighted by molar-refractivity contribution is 0.568. The lowest BCUT2D eigenvalue weighted by atomic mass is 9.78. The van der Waals surface area contributed by atoms with Gasteiger partial charge in [-0.15, -0.1) is 0 Å². The normalized spacial score (nSPS) is 12.7. The van der Waals surface area contributed by atoms with Crippen LogP contribution in [0.25, 0.3) is 60.5 Å². The molecule has 0 amide bonds. The van der Waals surface area contributed by atoms with Gasteiger partial charge in [0.25, 0.3) is 0 Å². The summed E-state index contributed by atoms with van der Waals surface area (Å²) in [6, 6.07) is 64.0. The summed E-state index contributed by atoms with van der Waals surface area (Å²) in [6.45, 7) is 28.0. The standard InChI is InChI=1S/C62H64N2/c1-59(2,3)43-34-42(35-44(36-43)60(4,5)6)50-28-20-22-41-23-21-29-53(58(41)50)51-26-16-18-30-55(51)63(49-38-45(61(7,8)9)37-46(39-49)62(10,11)12)48-32-33-57-54(40-48)52-27-17-19-31-56(52)64(57)47-24-14-13-15-25-47/h13-40H,1-12H3. The van der Waals surface area contributed by atoms with Crippen molar-refractivity contribution in [2.24, 2.45) is 0 Å². The molecule has 2 nitrogen and oxygen atoms in total. The minimum atomic E-state index is -0.0632. The second-order valence-corrected chi connectivity index (χ2v) is 22.0. The highest BCUT2D eigenvalue weighted by Crippen LogP contribution is 2.48. The van der Waals surface area contributed by atoms with E-state index in [9.17, 15) is 0 Å². The van der Waals surface area contributed by atoms with Gasteiger partial charge in [-0.25, -0.2) is 0 Å². The molecule has 2 heteroatoms. The zero-order valence-corrected chi connectivity index (χ0v) is 40.1. The fraction of sp³-hybridized carbons (Fsp3) is 0.258. The van der Waals surface area contributed by atoms with Crippen molar-refractivity contribution in [2.45, 2.75) is 105 Å². The Balaban J connectivity index is 1.35. The Morgan fingerprint density at radius 2 is 0.859 bits per heavy atom. The van der Waals surface area contributed by atoms with E-state index >= 15 is 0 Å². The molecule has 0 unspecified atom stereocenters. The summed E-state index contributed by atoms with van der Waals surface area (Å²) in [5.74, 6) is 0. The van der Waals surface area contributed by atoms with E-state index in [1.165, 1.54) is 77.1 Å². The summed E-state index contributed by atoms with van der Waals surface area (Å²) in [7, 11) is 0. The van der Waals surface area contributed by atoms with Crippen LogP contribution in [0.5, 0.6) is 0 Å². The van der Waals surface area contributed by atoms with E-state index in [0.29, 0.717) is 0 Å². The SMILES string of the molecule is CC(C)(C)c1cc(-c2cccc3cccc(-c4ccccc4N(c4cc(C(C)(C)C)cc(C(C)(C)C)c4)c4ccc5c(c4)c4ccccc4n5-c4ccccc4)c23)cc(C(C)(C)C)c1. The van der Waals surface area contributed by atoms with E-state index in [1.54, 1.807) is 0 Å². The summed E-state index contributed by atoms with van der Waals surface area (Å²) in [4.78, 5) is 2.53. The average molecular weight is 837 g/mol. The molecule has 0 bridgehead atoms. The van der Waals surface area contributed by atoms with Crippen LogP contribution in [-0.4, -0.2) is 4.57 Å². The summed E-state index contributed by atoms with van der Waals surface area (Å²) in [5.41, 5.74) is 17.1. The molecule has 0 radical (unpaired) electrons. The Labute approximate surface area is 382 Å². The van der Waals surface area contributed by atoms with E-state index in [0.717, 1.165) is 22.7 Å². The van der Waals surface area contributed by atoms with Crippen LogP contribution in [0.1, 0.15) is 105 Å². The number of para-hydroxylation sites is 3. The number of benzene rings is 8. The summed E-state index contributed by atoms with van der Waals surface area (Å²) >= 11 is 0. The van der Waals surface area contributed by atoms with Crippen LogP contribution in [0.15, 0.2) is 170 Å². The Morgan fingerprint density at radius 3 is 1.47 bits per heavy atom. The Hall–Kier alpha value is -6.38. The summed E-state index contributed by atoms with van der Waals surface area (Å²) in [6.07, 6.45) is 0. The van der Waals surface area contributed by atoms with Crippen LogP contribution in [0, 0.1) is 0 Å². The van der Waals surface area contributed by atoms with Gasteiger partial charge in [0.15, 0.2) is 0 Å². The van der Waals surface area contributed by atoms with Crippen molar-refractivity contribution < 1.29 is 0 Å². The van der Waals surface area contributed by atoms with Crippen LogP contribution in [0.2, 0.25) is 0 Å². The molecule has 0 saturated carbocycles. The predicted octanol–water partition coefficient (Wildman–Crippen LogP) is 17.9. The highest BCUT2D eigenvalue weighted by molar-refractivity contribution is 6.12. The molecule has 0 aliphatic rings. The minimum absolute atomic E-state index is 0.00146. The number of fused-ring (bicyclic) bond motifs is 4. The van der Waals surface area contributed by atoms with Crippen molar-refractivity contribution in [3.63, 3.8) is 0 Å². The second-order valence-electron chi connectivity index (χ2n) is 22.0. The van der Waals surface area contributed by atoms with E-state index in [-0.39, 0.29) is 21.7 Å². The fourth-order valence-corrected chi connectivity index (χ4v) is 9.34. The molecule has 0 spiro atoms. The third-order valence-corrected chi connectivity index (χ3v) is 13.2. The molecule has 1 heterocycles. The first kappa shape index (κ1) is 42.9. The van der Waals surface area contributed by atoms with Gasteiger partial charge in [0, 0.05) is 33.4 Å². The second kappa shape index (κ2) is 15.7. The number of nitrogens with zero attached hydrogens (tertiary/aromatic N) is 2. The lowest BCUT2D eigenvalue weighted by Crippen LogP contribution is -2.19. The molecule has 0 aliphatic heterocycles. The number of hydrogen-bond acceptors (Lipinski definition) is 1. The molecular weight excluding hydrogens is 773 g/mol. The predicted molar refractivity (Wildman–Crippen MR) is 279 cm³/mol. The van der Waals surface area contributed by atoms with E-state index in [1.807, 2.05) is 0 Å². The van der Waals surface area contributed by atoms with Gasteiger partial charge >= 0.3 is 0 Å². The third-order valence-electron chi connectivity index (χ3n) is 13.2. The van der Waals surface area contributed by atoms with Crippen molar-refractivity contribution in [3.8, 4) is 27.9 Å². The Kier molecular flexibility index (Phi) is 10.5. The third kappa shape index (κ3) is 7.93. The maximum atomic E-state index is 2.53. The maximum Gasteiger partial charge on any atom is 0.0542 e. The Bertz CT molecular complexity index is 3120. The first-order valence-electron chi connectivity index (χ1n) is 23.1. The van der Waals surface area contributed by atoms with Crippen LogP contribution in [0.3, 0.4) is 0 Å². The molecule has 0 fully saturated rings. The number of anilines is 3. The molecule has 0 saturated heterocycles. The van der Waals surface area contributed by atoms with Crippen molar-refractivity contribution in [3.05, 3.63) is 192 Å². The van der Waals surface area contributed by atoms with Gasteiger partial charge in [-0.05, 0) is 126 Å². The molecule has 322 valence electrons. The van der Waals surface area contributed by atoms with E-state index < -0.39 is 0 Å². The van der Waals surface area contributed by atoms with Gasteiger partial charge in [-0.2, -0.15) is 0 Å². The van der Waals surface area contributed by atoms with Gasteiger partial charge in [0.05, 0.1) is 16.7 Å². The minimum Gasteiger partial charge on any atom is -0.310 e. The Morgan fingerprint density at radius 1 is 0.359 bits per heavy atom. The molecule has 9 aromatic rings. The van der Waals surface area contributed by atoms with Gasteiger partial charge in [0.2, 0.25) is 0 Å². The van der Waals surface area contributed by atoms with Gasteiger partial charge in [-0.1, -0.05) is 198 Å². The molecule has 0 aliphatic carbocycles. The quantitative estimate of drug-likeness (QED) is 0.162. The van der Waals surface area contributed by atoms with Crippen molar-refractivity contribution in [2.75, 3.05) is 4.90 Å². The van der Waals surface area contributed by atoms with Crippen molar-refractivity contribution >= 4 is 49.6 Å². The fourth-order valence-electron chi connectivity index (χ4n) is 9.34. The van der Waals surface area contributed by atoms with Gasteiger partial charge in [0.1, 0.15) is 0 Å². The maximum absolute atomic E-state index is 2.53. The zero-order chi connectivity index (χ0) is 45.3. The highest BCUT2D eigenvalue weighted by Gasteiger charge is 2.27. The molecule has 0 atom stereocenters. The van der Waals surface area contributed by atoms with Crippen molar-refractivity contribution in [1.29, 1.82) is 0 Å². The van der Waals surface area contributed by atoms with E-state index in [4.69, 9.17) is 0 Å². The molecular formula is C62H64N2. The number of aromatic nitrogens is 1. The monoisotopic (exact) mass is 837 g/mol. The smallest absolute Gasteiger partial charge is 0.0542 e. The molecule has 64 heavy (non-hydrogen) atoms. The molecule has 9 rings (SSSR count). The average Bonchev–Trinajstić information content (AvgIpc) is 3.59. The van der Waals surface area contributed by atoms with E-state index in [2.05, 4.69) is 262 Å². The molecule has 0 N–H and O–H groups in total. The van der Waals surface area contributed by atoms with Crippen LogP contribution in [-0.2, 0) is 21.7 Å². The number of rotatable bonds is 6. The van der Waals surface area contributed by atoms with Crippen LogP contribution in [0.4, 0.5) is 17.1 Å². The first-order valence-corrected chi connectivity index (χ1v) is 23.1. The van der Waals surface area contributed by atoms with Crippen LogP contribution >= 0.6 is 0 Å². The molecule has 1 aromatic heterocycles. The summed E-state index contributed by atoms with van der Waals surface area (Å²) in [5, 5.41) is 4.96. The highest BCUT2D eigenvalue weighted by atomic mass is 15.1. The first-order chi connectivity index (χ1) is 30.3. The van der Waals surface area contributed by atoms with Gasteiger partial charge in [-0.3, -0.25) is 0 Å². The largest absolute Gasteiger partial charge is 0.310 e. The summed E-state index contributed by atoms with van der Waals surface area (Å²) < 4.78 is 2.40.